The van der Waals surface area contributed by atoms with Crippen LogP contribution in [0.3, 0.4) is 0 Å². The molecule has 0 bridgehead atoms. The Labute approximate surface area is 189 Å². The van der Waals surface area contributed by atoms with Crippen LogP contribution in [0.4, 0.5) is 0 Å². The Kier molecular flexibility index (Phi) is 4.47. The summed E-state index contributed by atoms with van der Waals surface area (Å²) in [5.41, 5.74) is 2.98. The first-order valence-corrected chi connectivity index (χ1v) is 11.9. The molecule has 1 aliphatic carbocycles. The van der Waals surface area contributed by atoms with E-state index in [4.69, 9.17) is 0 Å². The smallest absolute Gasteiger partial charge is 0.275 e. The second-order valence-corrected chi connectivity index (χ2v) is 9.68. The van der Waals surface area contributed by atoms with E-state index >= 15 is 0 Å². The molecule has 9 nitrogen and oxygen atoms in total. The lowest BCUT2D eigenvalue weighted by atomic mass is 10.1. The summed E-state index contributed by atoms with van der Waals surface area (Å²) in [5, 5.41) is 20.0. The van der Waals surface area contributed by atoms with Gasteiger partial charge in [-0.05, 0) is 19.8 Å². The number of benzene rings is 1. The average Bonchev–Trinajstić information content (AvgIpc) is 3.42. The normalized spacial score (nSPS) is 13.9. The second kappa shape index (κ2) is 7.38. The van der Waals surface area contributed by atoms with E-state index in [1.165, 1.54) is 44.3 Å². The third-order valence-corrected chi connectivity index (χ3v) is 7.21. The first kappa shape index (κ1) is 19.4. The number of thioether (sulfide) groups is 1. The maximum absolute atomic E-state index is 12.5. The molecule has 0 aliphatic heterocycles. The van der Waals surface area contributed by atoms with Gasteiger partial charge < -0.3 is 5.11 Å². The van der Waals surface area contributed by atoms with Gasteiger partial charge in [-0.2, -0.15) is 14.1 Å². The fourth-order valence-electron chi connectivity index (χ4n) is 3.35. The Hall–Kier alpha value is -3.31. The number of aromatic hydroxyl groups is 1. The van der Waals surface area contributed by atoms with Crippen LogP contribution < -0.4 is 5.56 Å². The molecule has 0 amide bonds. The van der Waals surface area contributed by atoms with Crippen molar-refractivity contribution in [1.29, 1.82) is 0 Å². The number of nitrogens with zero attached hydrogens (tertiary/aromatic N) is 7. The van der Waals surface area contributed by atoms with Crippen LogP contribution in [0.5, 0.6) is 5.88 Å². The molecule has 32 heavy (non-hydrogen) atoms. The molecule has 11 heteroatoms. The van der Waals surface area contributed by atoms with Gasteiger partial charge in [-0.1, -0.05) is 52.9 Å². The van der Waals surface area contributed by atoms with Gasteiger partial charge in [0.05, 0.1) is 5.69 Å². The fourth-order valence-corrected chi connectivity index (χ4v) is 5.28. The quantitative estimate of drug-likeness (QED) is 0.395. The van der Waals surface area contributed by atoms with E-state index in [-0.39, 0.29) is 11.4 Å². The largest absolute Gasteiger partial charge is 0.492 e. The highest BCUT2D eigenvalue weighted by molar-refractivity contribution is 7.98. The van der Waals surface area contributed by atoms with Gasteiger partial charge in [-0.25, -0.2) is 15.0 Å². The Bertz CT molecular complexity index is 1530. The van der Waals surface area contributed by atoms with E-state index in [1.54, 1.807) is 0 Å². The van der Waals surface area contributed by atoms with Crippen molar-refractivity contribution in [2.75, 3.05) is 0 Å². The molecular weight excluding hydrogens is 446 g/mol. The molecule has 4 aromatic heterocycles. The maximum Gasteiger partial charge on any atom is 0.275 e. The minimum atomic E-state index is -0.182. The summed E-state index contributed by atoms with van der Waals surface area (Å²) in [5.74, 6) is 1.31. The van der Waals surface area contributed by atoms with Crippen molar-refractivity contribution in [2.45, 2.75) is 36.6 Å². The van der Waals surface area contributed by atoms with Gasteiger partial charge in [0, 0.05) is 29.4 Å². The molecule has 5 aromatic rings. The predicted molar refractivity (Wildman–Crippen MR) is 121 cm³/mol. The SMILES string of the molecule is Cc1ccc(-c2nc(SCc3cc(=O)n4nc(C5CC5)sc4n3)n3nc(O)cc3n2)cc1. The van der Waals surface area contributed by atoms with Crippen LogP contribution in [-0.2, 0) is 5.75 Å². The van der Waals surface area contributed by atoms with E-state index in [2.05, 4.69) is 25.1 Å². The molecular formula is C21H17N7O2S2. The summed E-state index contributed by atoms with van der Waals surface area (Å²) in [6.45, 7) is 2.02. The summed E-state index contributed by atoms with van der Waals surface area (Å²) in [4.78, 5) is 27.0. The summed E-state index contributed by atoms with van der Waals surface area (Å²) in [7, 11) is 0. The lowest BCUT2D eigenvalue weighted by Gasteiger charge is -2.07. The zero-order valence-corrected chi connectivity index (χ0v) is 18.6. The van der Waals surface area contributed by atoms with Crippen LogP contribution in [-0.4, -0.2) is 39.3 Å². The first-order valence-electron chi connectivity index (χ1n) is 10.1. The molecule has 1 fully saturated rings. The summed E-state index contributed by atoms with van der Waals surface area (Å²) in [6.07, 6.45) is 2.25. The van der Waals surface area contributed by atoms with Gasteiger partial charge in [-0.3, -0.25) is 4.79 Å². The van der Waals surface area contributed by atoms with Crippen molar-refractivity contribution in [3.8, 4) is 17.3 Å². The Morgan fingerprint density at radius 3 is 2.69 bits per heavy atom. The van der Waals surface area contributed by atoms with Crippen molar-refractivity contribution in [3.63, 3.8) is 0 Å². The van der Waals surface area contributed by atoms with Gasteiger partial charge >= 0.3 is 0 Å². The molecule has 4 heterocycles. The average molecular weight is 464 g/mol. The minimum absolute atomic E-state index is 0.128. The van der Waals surface area contributed by atoms with E-state index < -0.39 is 0 Å². The molecule has 0 unspecified atom stereocenters. The van der Waals surface area contributed by atoms with E-state index in [1.807, 2.05) is 31.2 Å². The van der Waals surface area contributed by atoms with Crippen molar-refractivity contribution < 1.29 is 5.11 Å². The summed E-state index contributed by atoms with van der Waals surface area (Å²) >= 11 is 2.86. The van der Waals surface area contributed by atoms with Crippen molar-refractivity contribution >= 4 is 33.7 Å². The van der Waals surface area contributed by atoms with Crippen molar-refractivity contribution in [2.24, 2.45) is 0 Å². The highest BCUT2D eigenvalue weighted by Gasteiger charge is 2.28. The van der Waals surface area contributed by atoms with Crippen LogP contribution in [0, 0.1) is 6.92 Å². The molecule has 1 aromatic carbocycles. The molecule has 160 valence electrons. The van der Waals surface area contributed by atoms with Crippen LogP contribution in [0.2, 0.25) is 0 Å². The number of hydrogen-bond donors (Lipinski definition) is 1. The zero-order valence-electron chi connectivity index (χ0n) is 17.0. The number of hydrogen-bond acceptors (Lipinski definition) is 9. The molecule has 1 saturated carbocycles. The molecule has 0 radical (unpaired) electrons. The van der Waals surface area contributed by atoms with Crippen LogP contribution in [0.15, 0.2) is 46.3 Å². The first-order chi connectivity index (χ1) is 15.5. The Balaban J connectivity index is 1.35. The van der Waals surface area contributed by atoms with Gasteiger partial charge in [-0.15, -0.1) is 5.10 Å². The number of rotatable bonds is 5. The van der Waals surface area contributed by atoms with Gasteiger partial charge in [0.2, 0.25) is 10.8 Å². The van der Waals surface area contributed by atoms with Crippen molar-refractivity contribution in [3.05, 3.63) is 63.0 Å². The van der Waals surface area contributed by atoms with Crippen LogP contribution >= 0.6 is 23.1 Å². The number of fused-ring (bicyclic) bond motifs is 2. The minimum Gasteiger partial charge on any atom is -0.492 e. The topological polar surface area (TPSA) is 111 Å². The molecule has 1 aliphatic rings. The van der Waals surface area contributed by atoms with Crippen LogP contribution in [0.1, 0.15) is 35.0 Å². The Morgan fingerprint density at radius 2 is 1.91 bits per heavy atom. The van der Waals surface area contributed by atoms with Crippen LogP contribution in [0.25, 0.3) is 22.0 Å². The highest BCUT2D eigenvalue weighted by Crippen LogP contribution is 2.41. The molecule has 6 rings (SSSR count). The lowest BCUT2D eigenvalue weighted by Crippen LogP contribution is -2.15. The van der Waals surface area contributed by atoms with E-state index in [9.17, 15) is 9.90 Å². The third-order valence-electron chi connectivity index (χ3n) is 5.18. The summed E-state index contributed by atoms with van der Waals surface area (Å²) < 4.78 is 2.89. The van der Waals surface area contributed by atoms with E-state index in [0.717, 1.165) is 29.0 Å². The molecule has 0 saturated heterocycles. The lowest BCUT2D eigenvalue weighted by molar-refractivity contribution is 0.446. The van der Waals surface area contributed by atoms with Gasteiger partial charge in [0.25, 0.3) is 5.56 Å². The third kappa shape index (κ3) is 3.53. The maximum atomic E-state index is 12.5. The zero-order chi connectivity index (χ0) is 21.8. The summed E-state index contributed by atoms with van der Waals surface area (Å²) in [6, 6.07) is 10.9. The molecule has 0 atom stereocenters. The fraction of sp³-hybridized carbons (Fsp3) is 0.238. The number of aromatic nitrogens is 7. The molecule has 1 N–H and O–H groups in total. The van der Waals surface area contributed by atoms with E-state index in [0.29, 0.717) is 39.0 Å². The van der Waals surface area contributed by atoms with Gasteiger partial charge in [0.15, 0.2) is 16.6 Å². The number of aryl methyl sites for hydroxylation is 1. The predicted octanol–water partition coefficient (Wildman–Crippen LogP) is 3.44. The standard InChI is InChI=1S/C21H17N7O2S2/c1-11-2-4-12(5-3-11)18-23-15-9-16(29)25-27(15)20(24-18)31-10-14-8-17(30)28-21(22-14)32-19(26-28)13-6-7-13/h2-5,8-9,13H,6-7,10H2,1H3,(H,25,29). The monoisotopic (exact) mass is 463 g/mol. The second-order valence-electron chi connectivity index (χ2n) is 7.75. The molecule has 0 spiro atoms. The van der Waals surface area contributed by atoms with Gasteiger partial charge in [0.1, 0.15) is 5.01 Å². The highest BCUT2D eigenvalue weighted by atomic mass is 32.2. The Morgan fingerprint density at radius 1 is 1.09 bits per heavy atom. The van der Waals surface area contributed by atoms with Crippen molar-refractivity contribution in [1.82, 2.24) is 34.2 Å².